The lowest BCUT2D eigenvalue weighted by atomic mass is 9.90. The molecule has 0 saturated heterocycles. The summed E-state index contributed by atoms with van der Waals surface area (Å²) in [6.07, 6.45) is 0. The van der Waals surface area contributed by atoms with E-state index in [1.165, 1.54) is 0 Å². The minimum absolute atomic E-state index is 0.414. The molecule has 34 heavy (non-hydrogen) atoms. The third-order valence-electron chi connectivity index (χ3n) is 5.01. The number of benzene rings is 3. The van der Waals surface area contributed by atoms with E-state index in [1.54, 1.807) is 39.0 Å². The van der Waals surface area contributed by atoms with Gasteiger partial charge < -0.3 is 4.74 Å². The van der Waals surface area contributed by atoms with E-state index in [0.717, 1.165) is 15.6 Å². The van der Waals surface area contributed by atoms with Crippen molar-refractivity contribution in [3.05, 3.63) is 116 Å². The van der Waals surface area contributed by atoms with Gasteiger partial charge in [0, 0.05) is 20.5 Å². The Balaban J connectivity index is 2.23. The Labute approximate surface area is 208 Å². The number of carbonyl (C=O) groups is 1. The first-order valence-electron chi connectivity index (χ1n) is 10.9. The molecule has 0 N–H and O–H groups in total. The topological polar surface area (TPSA) is 81.8 Å². The van der Waals surface area contributed by atoms with E-state index >= 15 is 0 Å². The summed E-state index contributed by atoms with van der Waals surface area (Å²) in [5.41, 5.74) is 2.03. The molecule has 3 aromatic carbocycles. The second-order valence-corrected chi connectivity index (χ2v) is 9.78. The zero-order chi connectivity index (χ0) is 24.7. The number of ether oxygens (including phenoxy) is 1. The molecule has 3 rings (SSSR count). The highest BCUT2D eigenvalue weighted by molar-refractivity contribution is 9.10. The number of rotatable bonds is 8. The lowest BCUT2D eigenvalue weighted by molar-refractivity contribution is -0.483. The molecule has 0 spiro atoms. The monoisotopic (exact) mass is 522 g/mol. The van der Waals surface area contributed by atoms with Crippen molar-refractivity contribution in [1.82, 2.24) is 0 Å². The number of nitrogens with zero attached hydrogens (tertiary/aromatic N) is 2. The first kappa shape index (κ1) is 25.3. The Hall–Kier alpha value is -3.32. The molecule has 0 saturated carbocycles. The standard InChI is InChI=1S/C27H27BrN2O4/c1-27(2,3)34-26(31)25(23(18-30(32)33)21-15-10-16-22(28)17-21)29-24(19-11-6-4-7-12-19)20-13-8-5-9-14-20/h4-17,23,25H,18H2,1-3H3/t23-,25+/m0/s1. The van der Waals surface area contributed by atoms with Crippen LogP contribution >= 0.6 is 15.9 Å². The van der Waals surface area contributed by atoms with E-state index in [9.17, 15) is 14.9 Å². The van der Waals surface area contributed by atoms with Gasteiger partial charge in [-0.15, -0.1) is 0 Å². The first-order chi connectivity index (χ1) is 16.1. The fourth-order valence-corrected chi connectivity index (χ4v) is 4.02. The van der Waals surface area contributed by atoms with Crippen LogP contribution in [0.15, 0.2) is 94.4 Å². The van der Waals surface area contributed by atoms with Crippen molar-refractivity contribution < 1.29 is 14.5 Å². The van der Waals surface area contributed by atoms with Gasteiger partial charge in [0.25, 0.3) is 0 Å². The number of carbonyl (C=O) groups excluding carboxylic acids is 1. The number of nitro groups is 1. The summed E-state index contributed by atoms with van der Waals surface area (Å²) in [6, 6.07) is 25.0. The lowest BCUT2D eigenvalue weighted by Gasteiger charge is -2.26. The van der Waals surface area contributed by atoms with Crippen molar-refractivity contribution in [2.45, 2.75) is 38.3 Å². The van der Waals surface area contributed by atoms with Crippen LogP contribution in [-0.4, -0.2) is 34.8 Å². The van der Waals surface area contributed by atoms with Crippen molar-refractivity contribution >= 4 is 27.6 Å². The second-order valence-electron chi connectivity index (χ2n) is 8.86. The smallest absolute Gasteiger partial charge is 0.332 e. The van der Waals surface area contributed by atoms with Gasteiger partial charge in [-0.1, -0.05) is 88.7 Å². The van der Waals surface area contributed by atoms with Crippen LogP contribution < -0.4 is 0 Å². The third kappa shape index (κ3) is 7.09. The van der Waals surface area contributed by atoms with Gasteiger partial charge in [-0.25, -0.2) is 4.79 Å². The van der Waals surface area contributed by atoms with Crippen LogP contribution in [0.5, 0.6) is 0 Å². The number of halogens is 1. The molecule has 6 nitrogen and oxygen atoms in total. The van der Waals surface area contributed by atoms with E-state index in [0.29, 0.717) is 11.3 Å². The predicted octanol–water partition coefficient (Wildman–Crippen LogP) is 6.06. The highest BCUT2D eigenvalue weighted by Crippen LogP contribution is 2.29. The minimum atomic E-state index is -1.13. The summed E-state index contributed by atoms with van der Waals surface area (Å²) in [6.45, 7) is 4.83. The van der Waals surface area contributed by atoms with Crippen LogP contribution in [0.2, 0.25) is 0 Å². The Morgan fingerprint density at radius 3 is 2.00 bits per heavy atom. The van der Waals surface area contributed by atoms with Crippen LogP contribution in [0.1, 0.15) is 43.4 Å². The first-order valence-corrected chi connectivity index (χ1v) is 11.7. The van der Waals surface area contributed by atoms with Gasteiger partial charge in [0.15, 0.2) is 6.04 Å². The summed E-state index contributed by atoms with van der Waals surface area (Å²) in [7, 11) is 0. The molecule has 0 bridgehead atoms. The van der Waals surface area contributed by atoms with Gasteiger partial charge in [-0.2, -0.15) is 0 Å². The molecule has 0 aliphatic heterocycles. The molecule has 7 heteroatoms. The van der Waals surface area contributed by atoms with E-state index in [-0.39, 0.29) is 0 Å². The maximum absolute atomic E-state index is 13.5. The van der Waals surface area contributed by atoms with Crippen molar-refractivity contribution in [1.29, 1.82) is 0 Å². The summed E-state index contributed by atoms with van der Waals surface area (Å²) in [5, 5.41) is 11.7. The predicted molar refractivity (Wildman–Crippen MR) is 137 cm³/mol. The number of hydrogen-bond donors (Lipinski definition) is 0. The van der Waals surface area contributed by atoms with E-state index in [2.05, 4.69) is 15.9 Å². The minimum Gasteiger partial charge on any atom is -0.458 e. The normalized spacial score (nSPS) is 12.9. The Kier molecular flexibility index (Phi) is 8.34. The Morgan fingerprint density at radius 1 is 0.971 bits per heavy atom. The molecule has 0 unspecified atom stereocenters. The van der Waals surface area contributed by atoms with Crippen LogP contribution in [0.4, 0.5) is 0 Å². The second kappa shape index (κ2) is 11.2. The van der Waals surface area contributed by atoms with Crippen LogP contribution in [0, 0.1) is 10.1 Å². The molecule has 0 amide bonds. The molecule has 0 aromatic heterocycles. The Bertz CT molecular complexity index is 1120. The number of esters is 1. The van der Waals surface area contributed by atoms with Crippen LogP contribution in [-0.2, 0) is 9.53 Å². The van der Waals surface area contributed by atoms with Crippen LogP contribution in [0.3, 0.4) is 0 Å². The lowest BCUT2D eigenvalue weighted by Crippen LogP contribution is -2.37. The molecule has 0 heterocycles. The van der Waals surface area contributed by atoms with Gasteiger partial charge in [0.05, 0.1) is 11.6 Å². The van der Waals surface area contributed by atoms with E-state index in [1.807, 2.05) is 66.7 Å². The Morgan fingerprint density at radius 2 is 1.53 bits per heavy atom. The summed E-state index contributed by atoms with van der Waals surface area (Å²) in [5.74, 6) is -1.44. The summed E-state index contributed by atoms with van der Waals surface area (Å²) >= 11 is 3.43. The summed E-state index contributed by atoms with van der Waals surface area (Å²) < 4.78 is 6.47. The largest absolute Gasteiger partial charge is 0.458 e. The van der Waals surface area contributed by atoms with Crippen molar-refractivity contribution in [2.24, 2.45) is 4.99 Å². The van der Waals surface area contributed by atoms with E-state index < -0.39 is 35.0 Å². The van der Waals surface area contributed by atoms with Gasteiger partial charge in [0.2, 0.25) is 6.54 Å². The molecular formula is C27H27BrN2O4. The maximum atomic E-state index is 13.5. The fourth-order valence-electron chi connectivity index (χ4n) is 3.60. The maximum Gasteiger partial charge on any atom is 0.332 e. The van der Waals surface area contributed by atoms with Gasteiger partial charge in [-0.3, -0.25) is 15.1 Å². The fraction of sp³-hybridized carbons (Fsp3) is 0.259. The quantitative estimate of drug-likeness (QED) is 0.156. The third-order valence-corrected chi connectivity index (χ3v) is 5.51. The molecule has 176 valence electrons. The zero-order valence-electron chi connectivity index (χ0n) is 19.4. The van der Waals surface area contributed by atoms with E-state index in [4.69, 9.17) is 9.73 Å². The SMILES string of the molecule is CC(C)(C)OC(=O)[C@H](N=C(c1ccccc1)c1ccccc1)[C@@H](C[N+](=O)[O-])c1cccc(Br)c1. The molecule has 0 aliphatic carbocycles. The van der Waals surface area contributed by atoms with Crippen molar-refractivity contribution in [3.63, 3.8) is 0 Å². The molecular weight excluding hydrogens is 496 g/mol. The molecule has 2 atom stereocenters. The number of aliphatic imine (C=N–C) groups is 1. The molecule has 0 radical (unpaired) electrons. The highest BCUT2D eigenvalue weighted by Gasteiger charge is 2.37. The van der Waals surface area contributed by atoms with Gasteiger partial charge in [-0.05, 0) is 38.5 Å². The number of hydrogen-bond acceptors (Lipinski definition) is 5. The average Bonchev–Trinajstić information content (AvgIpc) is 2.78. The van der Waals surface area contributed by atoms with Crippen molar-refractivity contribution in [2.75, 3.05) is 6.54 Å². The highest BCUT2D eigenvalue weighted by atomic mass is 79.9. The molecule has 0 aliphatic rings. The zero-order valence-corrected chi connectivity index (χ0v) is 20.9. The average molecular weight is 523 g/mol. The van der Waals surface area contributed by atoms with Crippen molar-refractivity contribution in [3.8, 4) is 0 Å². The molecule has 0 fully saturated rings. The summed E-state index contributed by atoms with van der Waals surface area (Å²) in [4.78, 5) is 29.6. The van der Waals surface area contributed by atoms with Gasteiger partial charge in [0.1, 0.15) is 5.60 Å². The van der Waals surface area contributed by atoms with Gasteiger partial charge >= 0.3 is 5.97 Å². The van der Waals surface area contributed by atoms with Crippen LogP contribution in [0.25, 0.3) is 0 Å². The molecule has 3 aromatic rings.